The Morgan fingerprint density at radius 1 is 1.39 bits per heavy atom. The largest absolute Gasteiger partial charge is 0.507 e. The molecule has 0 radical (unpaired) electrons. The van der Waals surface area contributed by atoms with Gasteiger partial charge in [0.1, 0.15) is 21.5 Å². The summed E-state index contributed by atoms with van der Waals surface area (Å²) in [5.74, 6) is -1.04. The van der Waals surface area contributed by atoms with Gasteiger partial charge >= 0.3 is 5.97 Å². The van der Waals surface area contributed by atoms with E-state index in [1.54, 1.807) is 32.0 Å². The van der Waals surface area contributed by atoms with Gasteiger partial charge in [0, 0.05) is 5.56 Å². The van der Waals surface area contributed by atoms with Crippen molar-refractivity contribution < 1.29 is 19.0 Å². The van der Waals surface area contributed by atoms with E-state index >= 15 is 0 Å². The summed E-state index contributed by atoms with van der Waals surface area (Å²) in [7, 11) is 0. The summed E-state index contributed by atoms with van der Waals surface area (Å²) in [6.45, 7) is 3.76. The van der Waals surface area contributed by atoms with Gasteiger partial charge in [-0.05, 0) is 37.4 Å². The zero-order valence-electron chi connectivity index (χ0n) is 12.6. The Balaban J connectivity index is 2.11. The standard InChI is InChI=1S/C17H14FNO3S/c1-3-22-17(21)15-9(2)19-16(23-15)11-7-10-5-4-6-12(18)14(10)13(20)8-11/h4-8,20H,3H2,1-2H3. The molecule has 1 heterocycles. The van der Waals surface area contributed by atoms with Gasteiger partial charge < -0.3 is 9.84 Å². The Labute approximate surface area is 136 Å². The van der Waals surface area contributed by atoms with E-state index < -0.39 is 11.8 Å². The molecule has 23 heavy (non-hydrogen) atoms. The molecule has 118 valence electrons. The summed E-state index contributed by atoms with van der Waals surface area (Å²) in [6, 6.07) is 7.80. The molecule has 0 aliphatic rings. The number of esters is 1. The smallest absolute Gasteiger partial charge is 0.350 e. The van der Waals surface area contributed by atoms with Crippen molar-refractivity contribution in [3.8, 4) is 16.3 Å². The van der Waals surface area contributed by atoms with Crippen molar-refractivity contribution in [3.05, 3.63) is 46.7 Å². The van der Waals surface area contributed by atoms with E-state index in [0.717, 1.165) is 0 Å². The predicted molar refractivity (Wildman–Crippen MR) is 87.4 cm³/mol. The number of ether oxygens (including phenoxy) is 1. The fraction of sp³-hybridized carbons (Fsp3) is 0.176. The van der Waals surface area contributed by atoms with Gasteiger partial charge in [-0.1, -0.05) is 12.1 Å². The Kier molecular flexibility index (Phi) is 4.00. The van der Waals surface area contributed by atoms with Crippen LogP contribution in [0.3, 0.4) is 0 Å². The molecule has 0 atom stereocenters. The number of nitrogens with zero attached hydrogens (tertiary/aromatic N) is 1. The van der Waals surface area contributed by atoms with Crippen LogP contribution >= 0.6 is 11.3 Å². The second-order valence-electron chi connectivity index (χ2n) is 4.99. The maximum atomic E-state index is 13.8. The van der Waals surface area contributed by atoms with E-state index in [1.807, 2.05) is 0 Å². The Morgan fingerprint density at radius 2 is 2.17 bits per heavy atom. The van der Waals surface area contributed by atoms with E-state index in [1.165, 1.54) is 23.5 Å². The molecule has 4 nitrogen and oxygen atoms in total. The summed E-state index contributed by atoms with van der Waals surface area (Å²) in [5.41, 5.74) is 1.20. The van der Waals surface area contributed by atoms with Crippen molar-refractivity contribution in [3.63, 3.8) is 0 Å². The van der Waals surface area contributed by atoms with Crippen molar-refractivity contribution in [2.45, 2.75) is 13.8 Å². The molecule has 0 unspecified atom stereocenters. The first-order chi connectivity index (χ1) is 11.0. The number of carbonyl (C=O) groups excluding carboxylic acids is 1. The Hall–Kier alpha value is -2.47. The molecule has 1 aromatic heterocycles. The number of aromatic hydroxyl groups is 1. The molecule has 0 aliphatic heterocycles. The lowest BCUT2D eigenvalue weighted by Crippen LogP contribution is -2.03. The molecular weight excluding hydrogens is 317 g/mol. The molecule has 0 amide bonds. The number of fused-ring (bicyclic) bond motifs is 1. The van der Waals surface area contributed by atoms with Crippen LogP contribution in [0.2, 0.25) is 0 Å². The maximum absolute atomic E-state index is 13.8. The number of phenols is 1. The highest BCUT2D eigenvalue weighted by atomic mass is 32.1. The van der Waals surface area contributed by atoms with Crippen molar-refractivity contribution in [1.82, 2.24) is 4.98 Å². The first-order valence-corrected chi connectivity index (χ1v) is 7.89. The molecule has 0 fully saturated rings. The van der Waals surface area contributed by atoms with Gasteiger partial charge in [-0.25, -0.2) is 14.2 Å². The topological polar surface area (TPSA) is 59.4 Å². The summed E-state index contributed by atoms with van der Waals surface area (Å²) in [4.78, 5) is 16.7. The molecule has 2 aromatic carbocycles. The molecule has 3 rings (SSSR count). The van der Waals surface area contributed by atoms with E-state index in [2.05, 4.69) is 4.98 Å². The third-order valence-corrected chi connectivity index (χ3v) is 4.60. The van der Waals surface area contributed by atoms with Crippen LogP contribution in [0.1, 0.15) is 22.3 Å². The third-order valence-electron chi connectivity index (χ3n) is 3.41. The normalized spacial score (nSPS) is 10.9. The number of carbonyl (C=O) groups is 1. The molecular formula is C17H14FNO3S. The summed E-state index contributed by atoms with van der Waals surface area (Å²) in [5, 5.41) is 11.4. The number of halogens is 1. The van der Waals surface area contributed by atoms with Gasteiger partial charge in [0.25, 0.3) is 0 Å². The zero-order chi connectivity index (χ0) is 16.6. The van der Waals surface area contributed by atoms with Crippen LogP contribution in [0.5, 0.6) is 5.75 Å². The average Bonchev–Trinajstić information content (AvgIpc) is 2.89. The monoisotopic (exact) mass is 331 g/mol. The fourth-order valence-electron chi connectivity index (χ4n) is 2.39. The van der Waals surface area contributed by atoms with Gasteiger partial charge in [-0.15, -0.1) is 11.3 Å². The maximum Gasteiger partial charge on any atom is 0.350 e. The van der Waals surface area contributed by atoms with Crippen LogP contribution in [0.4, 0.5) is 4.39 Å². The first kappa shape index (κ1) is 15.4. The number of phenolic OH excluding ortho intramolecular Hbond substituents is 1. The van der Waals surface area contributed by atoms with Crippen LogP contribution in [-0.2, 0) is 4.74 Å². The van der Waals surface area contributed by atoms with Crippen molar-refractivity contribution >= 4 is 28.1 Å². The number of rotatable bonds is 3. The highest BCUT2D eigenvalue weighted by molar-refractivity contribution is 7.17. The molecule has 1 N–H and O–H groups in total. The summed E-state index contributed by atoms with van der Waals surface area (Å²) < 4.78 is 18.8. The lowest BCUT2D eigenvalue weighted by molar-refractivity contribution is 0.0531. The van der Waals surface area contributed by atoms with Crippen LogP contribution in [-0.4, -0.2) is 22.7 Å². The molecule has 0 saturated heterocycles. The van der Waals surface area contributed by atoms with Crippen molar-refractivity contribution in [2.75, 3.05) is 6.61 Å². The minimum Gasteiger partial charge on any atom is -0.507 e. The van der Waals surface area contributed by atoms with E-state index in [4.69, 9.17) is 4.74 Å². The number of hydrogen-bond acceptors (Lipinski definition) is 5. The SMILES string of the molecule is CCOC(=O)c1sc(-c2cc(O)c3c(F)cccc3c2)nc1C. The molecule has 0 bridgehead atoms. The molecule has 0 saturated carbocycles. The number of benzene rings is 2. The minimum atomic E-state index is -0.478. The number of aromatic nitrogens is 1. The lowest BCUT2D eigenvalue weighted by atomic mass is 10.1. The van der Waals surface area contributed by atoms with Gasteiger partial charge in [0.2, 0.25) is 0 Å². The van der Waals surface area contributed by atoms with E-state index in [-0.39, 0.29) is 11.1 Å². The number of thiazole rings is 1. The second-order valence-corrected chi connectivity index (χ2v) is 5.99. The number of aryl methyl sites for hydroxylation is 1. The Bertz CT molecular complexity index is 904. The molecule has 6 heteroatoms. The molecule has 0 spiro atoms. The number of hydrogen-bond donors (Lipinski definition) is 1. The van der Waals surface area contributed by atoms with Crippen LogP contribution in [0.15, 0.2) is 30.3 Å². The second kappa shape index (κ2) is 5.96. The fourth-order valence-corrected chi connectivity index (χ4v) is 3.34. The van der Waals surface area contributed by atoms with Crippen LogP contribution < -0.4 is 0 Å². The summed E-state index contributed by atoms with van der Waals surface area (Å²) >= 11 is 1.19. The molecule has 3 aromatic rings. The molecule has 0 aliphatic carbocycles. The average molecular weight is 331 g/mol. The zero-order valence-corrected chi connectivity index (χ0v) is 13.4. The van der Waals surface area contributed by atoms with Gasteiger partial charge in [0.05, 0.1) is 17.7 Å². The van der Waals surface area contributed by atoms with E-state index in [9.17, 15) is 14.3 Å². The van der Waals surface area contributed by atoms with Crippen LogP contribution in [0, 0.1) is 12.7 Å². The minimum absolute atomic E-state index is 0.152. The quantitative estimate of drug-likeness (QED) is 0.727. The van der Waals surface area contributed by atoms with Crippen molar-refractivity contribution in [1.29, 1.82) is 0 Å². The Morgan fingerprint density at radius 3 is 2.91 bits per heavy atom. The van der Waals surface area contributed by atoms with Gasteiger partial charge in [-0.2, -0.15) is 0 Å². The first-order valence-electron chi connectivity index (χ1n) is 7.07. The lowest BCUT2D eigenvalue weighted by Gasteiger charge is -2.05. The summed E-state index contributed by atoms with van der Waals surface area (Å²) in [6.07, 6.45) is 0. The predicted octanol–water partition coefficient (Wildman–Crippen LogP) is 4.29. The van der Waals surface area contributed by atoms with Gasteiger partial charge in [-0.3, -0.25) is 0 Å². The van der Waals surface area contributed by atoms with E-state index in [0.29, 0.717) is 33.1 Å². The van der Waals surface area contributed by atoms with Gasteiger partial charge in [0.15, 0.2) is 0 Å². The highest BCUT2D eigenvalue weighted by Gasteiger charge is 2.18. The van der Waals surface area contributed by atoms with Crippen molar-refractivity contribution in [2.24, 2.45) is 0 Å². The highest BCUT2D eigenvalue weighted by Crippen LogP contribution is 2.35. The van der Waals surface area contributed by atoms with Crippen LogP contribution in [0.25, 0.3) is 21.3 Å². The third kappa shape index (κ3) is 2.77.